The Morgan fingerprint density at radius 3 is 2.88 bits per heavy atom. The highest BCUT2D eigenvalue weighted by Crippen LogP contribution is 2.47. The normalized spacial score (nSPS) is 18.7. The fourth-order valence-corrected chi connectivity index (χ4v) is 3.01. The number of carbonyl (C=O) groups excluding carboxylic acids is 1. The first-order chi connectivity index (χ1) is 12.3. The van der Waals surface area contributed by atoms with E-state index in [0.29, 0.717) is 24.7 Å². The van der Waals surface area contributed by atoms with Crippen LogP contribution in [0.1, 0.15) is 23.7 Å². The average Bonchev–Trinajstić information content (AvgIpc) is 3.34. The maximum Gasteiger partial charge on any atom is 0.223 e. The van der Waals surface area contributed by atoms with Gasteiger partial charge in [-0.05, 0) is 24.0 Å². The molecule has 25 heavy (non-hydrogen) atoms. The van der Waals surface area contributed by atoms with Crippen molar-refractivity contribution in [2.24, 2.45) is 5.92 Å². The molecule has 2 N–H and O–H groups in total. The summed E-state index contributed by atoms with van der Waals surface area (Å²) in [6.07, 6.45) is 5.13. The Labute approximate surface area is 145 Å². The van der Waals surface area contributed by atoms with Crippen molar-refractivity contribution in [3.05, 3.63) is 66.2 Å². The number of rotatable bonds is 6. The van der Waals surface area contributed by atoms with Crippen LogP contribution in [0.2, 0.25) is 0 Å². The summed E-state index contributed by atoms with van der Waals surface area (Å²) >= 11 is 0. The molecule has 0 saturated heterocycles. The van der Waals surface area contributed by atoms with Gasteiger partial charge in [-0.2, -0.15) is 5.10 Å². The summed E-state index contributed by atoms with van der Waals surface area (Å²) < 4.78 is 0. The molecule has 6 heteroatoms. The number of nitrogens with zero attached hydrogens (tertiary/aromatic N) is 3. The third kappa shape index (κ3) is 3.57. The maximum atomic E-state index is 12.2. The van der Waals surface area contributed by atoms with Crippen LogP contribution in [0.25, 0.3) is 11.4 Å². The molecule has 126 valence electrons. The molecular weight excluding hydrogens is 314 g/mol. The third-order valence-corrected chi connectivity index (χ3v) is 4.46. The van der Waals surface area contributed by atoms with Gasteiger partial charge in [-0.25, -0.2) is 4.98 Å². The van der Waals surface area contributed by atoms with Crippen LogP contribution in [0, 0.1) is 5.92 Å². The van der Waals surface area contributed by atoms with Gasteiger partial charge in [-0.3, -0.25) is 14.9 Å². The van der Waals surface area contributed by atoms with Crippen LogP contribution in [0.15, 0.2) is 54.9 Å². The molecule has 2 heterocycles. The number of hydrogen-bond donors (Lipinski definition) is 2. The zero-order chi connectivity index (χ0) is 17.1. The van der Waals surface area contributed by atoms with Gasteiger partial charge in [0.25, 0.3) is 0 Å². The van der Waals surface area contributed by atoms with Crippen LogP contribution in [0.3, 0.4) is 0 Å². The molecule has 1 amide bonds. The highest BCUT2D eigenvalue weighted by Gasteiger charge is 2.43. The molecule has 2 aromatic heterocycles. The number of hydrogen-bond acceptors (Lipinski definition) is 4. The Balaban J connectivity index is 1.26. The number of aromatic nitrogens is 4. The Morgan fingerprint density at radius 1 is 1.20 bits per heavy atom. The minimum Gasteiger partial charge on any atom is -0.355 e. The Morgan fingerprint density at radius 2 is 2.08 bits per heavy atom. The number of aromatic amines is 1. The summed E-state index contributed by atoms with van der Waals surface area (Å²) in [6.45, 7) is 0.554. The van der Waals surface area contributed by atoms with E-state index in [0.717, 1.165) is 23.4 Å². The van der Waals surface area contributed by atoms with Crippen molar-refractivity contribution in [2.75, 3.05) is 6.54 Å². The van der Waals surface area contributed by atoms with Crippen LogP contribution >= 0.6 is 0 Å². The topological polar surface area (TPSA) is 83.6 Å². The third-order valence-electron chi connectivity index (χ3n) is 4.46. The first-order valence-corrected chi connectivity index (χ1v) is 8.45. The number of pyridine rings is 1. The van der Waals surface area contributed by atoms with Crippen molar-refractivity contribution in [2.45, 2.75) is 18.8 Å². The molecule has 1 aliphatic carbocycles. The van der Waals surface area contributed by atoms with Crippen LogP contribution in [-0.2, 0) is 11.2 Å². The molecule has 4 rings (SSSR count). The zero-order valence-corrected chi connectivity index (χ0v) is 13.7. The van der Waals surface area contributed by atoms with Gasteiger partial charge < -0.3 is 5.32 Å². The van der Waals surface area contributed by atoms with Crippen LogP contribution < -0.4 is 5.32 Å². The molecule has 2 atom stereocenters. The van der Waals surface area contributed by atoms with Crippen LogP contribution in [0.5, 0.6) is 0 Å². The number of H-pyrrole nitrogens is 1. The highest BCUT2D eigenvalue weighted by atomic mass is 16.2. The molecule has 1 saturated carbocycles. The second-order valence-corrected chi connectivity index (χ2v) is 6.25. The van der Waals surface area contributed by atoms with Gasteiger partial charge in [-0.15, -0.1) is 0 Å². The fourth-order valence-electron chi connectivity index (χ4n) is 3.01. The van der Waals surface area contributed by atoms with Gasteiger partial charge in [-0.1, -0.05) is 36.4 Å². The molecule has 0 spiro atoms. The van der Waals surface area contributed by atoms with Crippen molar-refractivity contribution in [1.82, 2.24) is 25.5 Å². The summed E-state index contributed by atoms with van der Waals surface area (Å²) in [4.78, 5) is 20.8. The molecule has 0 bridgehead atoms. The number of nitrogens with one attached hydrogen (secondary N) is 2. The summed E-state index contributed by atoms with van der Waals surface area (Å²) in [5, 5.41) is 10.2. The van der Waals surface area contributed by atoms with E-state index in [1.54, 1.807) is 6.20 Å². The number of benzene rings is 1. The van der Waals surface area contributed by atoms with Gasteiger partial charge in [0.2, 0.25) is 5.91 Å². The highest BCUT2D eigenvalue weighted by molar-refractivity contribution is 5.82. The lowest BCUT2D eigenvalue weighted by atomic mass is 10.1. The largest absolute Gasteiger partial charge is 0.355 e. The van der Waals surface area contributed by atoms with Crippen molar-refractivity contribution in [3.63, 3.8) is 0 Å². The summed E-state index contributed by atoms with van der Waals surface area (Å²) in [5.41, 5.74) is 2.12. The lowest BCUT2D eigenvalue weighted by Crippen LogP contribution is -2.27. The van der Waals surface area contributed by atoms with Crippen molar-refractivity contribution < 1.29 is 4.79 Å². The molecule has 0 unspecified atom stereocenters. The van der Waals surface area contributed by atoms with E-state index in [9.17, 15) is 4.79 Å². The minimum atomic E-state index is 0.0683. The smallest absolute Gasteiger partial charge is 0.223 e. The van der Waals surface area contributed by atoms with Crippen LogP contribution in [0.4, 0.5) is 0 Å². The molecule has 1 fully saturated rings. The molecule has 0 radical (unpaired) electrons. The molecule has 0 aliphatic heterocycles. The quantitative estimate of drug-likeness (QED) is 0.725. The number of carbonyl (C=O) groups is 1. The van der Waals surface area contributed by atoms with E-state index >= 15 is 0 Å². The van der Waals surface area contributed by atoms with Gasteiger partial charge in [0.05, 0.1) is 0 Å². The van der Waals surface area contributed by atoms with E-state index in [1.165, 1.54) is 0 Å². The first kappa shape index (κ1) is 15.5. The lowest BCUT2D eigenvalue weighted by Gasteiger charge is -2.03. The van der Waals surface area contributed by atoms with Crippen molar-refractivity contribution in [1.29, 1.82) is 0 Å². The maximum absolute atomic E-state index is 12.2. The van der Waals surface area contributed by atoms with Gasteiger partial charge in [0.15, 0.2) is 5.82 Å². The average molecular weight is 333 g/mol. The predicted octanol–water partition coefficient (Wildman–Crippen LogP) is 2.33. The van der Waals surface area contributed by atoms with Gasteiger partial charge in [0.1, 0.15) is 5.82 Å². The van der Waals surface area contributed by atoms with E-state index < -0.39 is 0 Å². The second-order valence-electron chi connectivity index (χ2n) is 6.25. The van der Waals surface area contributed by atoms with E-state index in [1.807, 2.05) is 48.7 Å². The fraction of sp³-hybridized carbons (Fsp3) is 0.263. The molecule has 3 aromatic rings. The first-order valence-electron chi connectivity index (χ1n) is 8.45. The Bertz CT molecular complexity index is 847. The van der Waals surface area contributed by atoms with E-state index in [2.05, 4.69) is 25.5 Å². The Hall–Kier alpha value is -3.02. The summed E-state index contributed by atoms with van der Waals surface area (Å²) in [7, 11) is 0. The van der Waals surface area contributed by atoms with Gasteiger partial charge in [0, 0.05) is 36.8 Å². The SMILES string of the molecule is O=C(NCCc1nc(-c2ccccc2)n[nH]1)[C@H]1C[C@H]1c1cccnc1. The van der Waals surface area contributed by atoms with E-state index in [-0.39, 0.29) is 11.8 Å². The molecule has 1 aliphatic rings. The second kappa shape index (κ2) is 6.84. The van der Waals surface area contributed by atoms with Gasteiger partial charge >= 0.3 is 0 Å². The lowest BCUT2D eigenvalue weighted by molar-refractivity contribution is -0.122. The summed E-state index contributed by atoms with van der Waals surface area (Å²) in [6, 6.07) is 13.8. The number of amides is 1. The molecule has 6 nitrogen and oxygen atoms in total. The Kier molecular flexibility index (Phi) is 4.24. The molecule has 1 aromatic carbocycles. The standard InChI is InChI=1S/C19H19N5O/c25-19(16-11-15(16)14-7-4-9-20-12-14)21-10-8-17-22-18(24-23-17)13-5-2-1-3-6-13/h1-7,9,12,15-16H,8,10-11H2,(H,21,25)(H,22,23,24)/t15-,16-/m0/s1. The zero-order valence-electron chi connectivity index (χ0n) is 13.7. The van der Waals surface area contributed by atoms with Crippen LogP contribution in [-0.4, -0.2) is 32.6 Å². The van der Waals surface area contributed by atoms with Crippen molar-refractivity contribution in [3.8, 4) is 11.4 Å². The predicted molar refractivity (Wildman–Crippen MR) is 93.6 cm³/mol. The molecular formula is C19H19N5O. The van der Waals surface area contributed by atoms with E-state index in [4.69, 9.17) is 0 Å². The monoisotopic (exact) mass is 333 g/mol. The van der Waals surface area contributed by atoms with Crippen molar-refractivity contribution >= 4 is 5.91 Å². The minimum absolute atomic E-state index is 0.0683. The summed E-state index contributed by atoms with van der Waals surface area (Å²) in [5.74, 6) is 1.94.